The molecule has 16 aromatic rings. The Labute approximate surface area is 815 Å². The van der Waals surface area contributed by atoms with E-state index in [2.05, 4.69) is 0 Å². The predicted molar refractivity (Wildman–Crippen MR) is 528 cm³/mol. The highest BCUT2D eigenvalue weighted by molar-refractivity contribution is 6.24. The number of hydrogen-bond donors (Lipinski definition) is 4. The summed E-state index contributed by atoms with van der Waals surface area (Å²) in [5.41, 5.74) is -9.90. The van der Waals surface area contributed by atoms with Crippen molar-refractivity contribution in [1.29, 1.82) is 0 Å². The van der Waals surface area contributed by atoms with Crippen LogP contribution in [-0.2, 0) is 84.0 Å². The van der Waals surface area contributed by atoms with Gasteiger partial charge >= 0.3 is 0 Å². The molecular formula is C118H99ClO21. The smallest absolute Gasteiger partial charge is 0.272 e. The topological polar surface area (TPSA) is 269 Å². The Morgan fingerprint density at radius 2 is 0.364 bits per heavy atom. The summed E-state index contributed by atoms with van der Waals surface area (Å²) in [6.07, 6.45) is -2.88. The van der Waals surface area contributed by atoms with Gasteiger partial charge in [0.15, 0.2) is 51.6 Å². The molecule has 5 atom stereocenters. The van der Waals surface area contributed by atoms with Crippen LogP contribution in [0.5, 0.6) is 69.0 Å². The highest BCUT2D eigenvalue weighted by Gasteiger charge is 2.86. The fraction of sp³-hybridized carbons (Fsp3) is 0.153. The summed E-state index contributed by atoms with van der Waals surface area (Å²) in [7, 11) is 0. The van der Waals surface area contributed by atoms with E-state index < -0.39 is 80.0 Å². The van der Waals surface area contributed by atoms with Crippen molar-refractivity contribution >= 4 is 34.7 Å². The average Bonchev–Trinajstić information content (AvgIpc) is 0.657. The summed E-state index contributed by atoms with van der Waals surface area (Å²) in [6.45, 7) is -2.57. The van der Waals surface area contributed by atoms with Gasteiger partial charge in [0.05, 0.1) is 5.88 Å². The molecule has 16 aromatic carbocycles. The van der Waals surface area contributed by atoms with Crippen molar-refractivity contribution in [3.63, 3.8) is 0 Å². The Kier molecular flexibility index (Phi) is 30.9. The second-order valence-corrected chi connectivity index (χ2v) is 33.7. The van der Waals surface area contributed by atoms with Gasteiger partial charge in [-0.25, -0.2) is 0 Å². The number of carbonyl (C=O) groups excluding carboxylic acids is 4. The molecule has 0 bridgehead atoms. The summed E-state index contributed by atoms with van der Waals surface area (Å²) in [4.78, 5) is 73.0. The molecule has 0 amide bonds. The molecule has 1 aliphatic rings. The van der Waals surface area contributed by atoms with Crippen LogP contribution < -0.4 is 56.8 Å². The molecule has 0 radical (unpaired) electrons. The maximum Gasteiger partial charge on any atom is 0.272 e. The number of Topliss-reactive ketones (excluding diaryl/α,β-unsaturated/α-hetero) is 4. The zero-order valence-electron chi connectivity index (χ0n) is 76.1. The van der Waals surface area contributed by atoms with Crippen molar-refractivity contribution in [3.05, 3.63) is 502 Å². The Hall–Kier alpha value is -16.1. The number of rotatable bonds is 45. The standard InChI is InChI=1S/C118H99ClO21/c119-69-106-115(124,111(120)94-61-98(128-70-82-37-13-1-14-38-82)107(136-78-90-53-29-9-30-54-90)99(62-94)129-71-83-39-15-2-16-40-83)116(125,112(121)95-63-100(130-72-84-41-17-3-18-42-84)108(137-79-91-55-31-10-32-56-91)101(64-95)131-73-85-43-19-4-20-44-85)117(126,113(122)96-65-102(132-74-86-45-21-5-22-46-86)109(138-80-92-57-33-11-34-58-92)103(66-96)133-75-87-47-23-6-24-48-87)118(127,140-106)114(123)97-67-104(134-76-88-49-25-7-26-50-88)110(139-81-93-59-35-12-36-60-93)105(68-97)135-77-89-51-27-8-28-52-89/h1-68,106,124-127H,69-81H2/t106-,115+,116+,117-,118?/m1/s1. The van der Waals surface area contributed by atoms with Gasteiger partial charge in [-0.2, -0.15) is 0 Å². The molecule has 22 heteroatoms. The van der Waals surface area contributed by atoms with Gasteiger partial charge < -0.3 is 82.0 Å². The van der Waals surface area contributed by atoms with Crippen LogP contribution in [0.1, 0.15) is 108 Å². The zero-order valence-corrected chi connectivity index (χ0v) is 76.9. The third kappa shape index (κ3) is 22.1. The van der Waals surface area contributed by atoms with Crippen molar-refractivity contribution in [2.24, 2.45) is 0 Å². The molecule has 21 nitrogen and oxygen atoms in total. The molecule has 0 aromatic heterocycles. The van der Waals surface area contributed by atoms with Gasteiger partial charge in [0, 0.05) is 22.3 Å². The molecule has 0 aliphatic carbocycles. The van der Waals surface area contributed by atoms with Gasteiger partial charge in [-0.15, -0.1) is 11.6 Å². The number of halogens is 1. The Morgan fingerprint density at radius 3 is 0.536 bits per heavy atom. The minimum atomic E-state index is -4.95. The molecule has 1 fully saturated rings. The highest BCUT2D eigenvalue weighted by atomic mass is 35.5. The van der Waals surface area contributed by atoms with E-state index in [1.165, 1.54) is 0 Å². The van der Waals surface area contributed by atoms with E-state index in [9.17, 15) is 0 Å². The van der Waals surface area contributed by atoms with Gasteiger partial charge in [-0.1, -0.05) is 364 Å². The summed E-state index contributed by atoms with van der Waals surface area (Å²) >= 11 is 7.40. The van der Waals surface area contributed by atoms with E-state index in [0.29, 0.717) is 66.8 Å². The Morgan fingerprint density at radius 1 is 0.214 bits per heavy atom. The first-order valence-corrected chi connectivity index (χ1v) is 46.1. The van der Waals surface area contributed by atoms with Crippen LogP contribution in [0.15, 0.2) is 413 Å². The molecule has 1 saturated heterocycles. The fourth-order valence-electron chi connectivity index (χ4n) is 16.4. The molecule has 0 saturated carbocycles. The maximum absolute atomic E-state index is 18.6. The first-order chi connectivity index (χ1) is 68.5. The number of carbonyl (C=O) groups is 4. The minimum Gasteiger partial charge on any atom is -0.485 e. The lowest BCUT2D eigenvalue weighted by Gasteiger charge is -2.60. The first-order valence-electron chi connectivity index (χ1n) is 45.6. The molecule has 1 aliphatic heterocycles. The van der Waals surface area contributed by atoms with Crippen LogP contribution >= 0.6 is 11.6 Å². The molecule has 1 unspecified atom stereocenters. The number of aliphatic hydroxyl groups is 4. The van der Waals surface area contributed by atoms with E-state index >= 15 is 39.6 Å². The van der Waals surface area contributed by atoms with Gasteiger partial charge in [0.25, 0.3) is 5.79 Å². The SMILES string of the molecule is O=C(c1cc(OCc2ccccc2)c(OCc2ccccc2)c(OCc2ccccc2)c1)C1(O)O[C@H](CCl)[C@](O)(C(=O)c2cc(OCc3ccccc3)c(OCc3ccccc3)c(OCc3ccccc3)c2)[C@@](O)(C(=O)c2cc(OCc3ccccc3)c(OCc3ccccc3)c(OCc3ccccc3)c2)[C@]1(O)C(=O)c1cc(OCc2ccccc2)c(OCc2ccccc2)c(OCc2ccccc2)c1. The maximum atomic E-state index is 18.6. The van der Waals surface area contributed by atoms with Crippen molar-refractivity contribution in [1.82, 2.24) is 0 Å². The van der Waals surface area contributed by atoms with Crippen molar-refractivity contribution in [3.8, 4) is 69.0 Å². The minimum absolute atomic E-state index is 0.0980. The van der Waals surface area contributed by atoms with Gasteiger partial charge in [0.2, 0.25) is 57.3 Å². The van der Waals surface area contributed by atoms with E-state index in [0.717, 1.165) is 48.5 Å². The number of hydrogen-bond acceptors (Lipinski definition) is 21. The van der Waals surface area contributed by atoms with Crippen molar-refractivity contribution < 1.29 is 101 Å². The average molecular weight is 1890 g/mol. The number of benzene rings is 16. The van der Waals surface area contributed by atoms with Crippen LogP contribution in [0.3, 0.4) is 0 Å². The molecular weight excluding hydrogens is 1790 g/mol. The summed E-state index contributed by atoms with van der Waals surface area (Å²) in [5, 5.41) is 63.0. The van der Waals surface area contributed by atoms with Crippen LogP contribution in [-0.4, -0.2) is 78.1 Å². The number of ether oxygens (including phenoxy) is 13. The number of ketones is 4. The quantitative estimate of drug-likeness (QED) is 0.0204. The van der Waals surface area contributed by atoms with E-state index in [1.807, 2.05) is 146 Å². The van der Waals surface area contributed by atoms with Crippen LogP contribution in [0, 0.1) is 0 Å². The summed E-state index contributed by atoms with van der Waals surface area (Å²) in [6, 6.07) is 117. The lowest BCUT2D eigenvalue weighted by molar-refractivity contribution is -0.371. The van der Waals surface area contributed by atoms with E-state index in [4.69, 9.17) is 73.2 Å². The molecule has 1 heterocycles. The van der Waals surface area contributed by atoms with Gasteiger partial charge in [-0.05, 0) is 115 Å². The summed E-state index contributed by atoms with van der Waals surface area (Å²) < 4.78 is 88.4. The largest absolute Gasteiger partial charge is 0.485 e. The monoisotopic (exact) mass is 1890 g/mol. The lowest BCUT2D eigenvalue weighted by Crippen LogP contribution is -2.91. The molecule has 4 N–H and O–H groups in total. The number of alkyl halides is 1. The van der Waals surface area contributed by atoms with Crippen LogP contribution in [0.25, 0.3) is 0 Å². The third-order valence-electron chi connectivity index (χ3n) is 23.7. The van der Waals surface area contributed by atoms with Crippen molar-refractivity contribution in [2.75, 3.05) is 5.88 Å². The molecule has 140 heavy (non-hydrogen) atoms. The fourth-order valence-corrected chi connectivity index (χ4v) is 16.6. The zero-order chi connectivity index (χ0) is 96.5. The van der Waals surface area contributed by atoms with E-state index in [-0.39, 0.29) is 148 Å². The van der Waals surface area contributed by atoms with Gasteiger partial charge in [0.1, 0.15) is 85.4 Å². The van der Waals surface area contributed by atoms with Crippen LogP contribution in [0.4, 0.5) is 0 Å². The predicted octanol–water partition coefficient (Wildman–Crippen LogP) is 22.0. The van der Waals surface area contributed by atoms with Crippen molar-refractivity contribution in [2.45, 2.75) is 108 Å². The van der Waals surface area contributed by atoms with Crippen LogP contribution in [0.2, 0.25) is 0 Å². The normalized spacial score (nSPS) is 16.4. The first kappa shape index (κ1) is 95.6. The summed E-state index contributed by atoms with van der Waals surface area (Å²) in [5.74, 6) is -16.3. The van der Waals surface area contributed by atoms with E-state index in [1.54, 1.807) is 218 Å². The highest BCUT2D eigenvalue weighted by Crippen LogP contribution is 2.58. The Bertz CT molecular complexity index is 6570. The Balaban J connectivity index is 0.961. The second-order valence-electron chi connectivity index (χ2n) is 33.4. The molecule has 704 valence electrons. The third-order valence-corrected chi connectivity index (χ3v) is 24.0. The lowest BCUT2D eigenvalue weighted by atomic mass is 9.55. The molecule has 17 rings (SSSR count). The second kappa shape index (κ2) is 45.2. The molecule has 0 spiro atoms. The van der Waals surface area contributed by atoms with Gasteiger partial charge in [-0.3, -0.25) is 19.2 Å².